The normalized spacial score (nSPS) is 11.0. The van der Waals surface area contributed by atoms with E-state index in [0.717, 1.165) is 10.2 Å². The third-order valence-corrected chi connectivity index (χ3v) is 3.77. The minimum atomic E-state index is -0.393. The first-order valence-corrected chi connectivity index (χ1v) is 7.86. The van der Waals surface area contributed by atoms with E-state index in [2.05, 4.69) is 39.5 Å². The van der Waals surface area contributed by atoms with Crippen LogP contribution >= 0.6 is 0 Å². The SMILES string of the molecule is CNc1nn(CC(=O)Nc2ccncn2)c(=O)c2cc(C(C)C)cn12. The van der Waals surface area contributed by atoms with E-state index in [9.17, 15) is 9.59 Å². The Bertz CT molecular complexity index is 960. The number of nitrogens with zero attached hydrogens (tertiary/aromatic N) is 5. The maximum Gasteiger partial charge on any atom is 0.291 e. The second-order valence-electron chi connectivity index (χ2n) is 5.86. The molecule has 130 valence electrons. The molecule has 0 aromatic carbocycles. The molecule has 3 aromatic heterocycles. The highest BCUT2D eigenvalue weighted by Gasteiger charge is 2.15. The summed E-state index contributed by atoms with van der Waals surface area (Å²) in [5, 5.41) is 9.80. The number of amides is 1. The lowest BCUT2D eigenvalue weighted by Gasteiger charge is -2.09. The molecule has 0 atom stereocenters. The van der Waals surface area contributed by atoms with Crippen LogP contribution in [-0.4, -0.2) is 37.1 Å². The molecule has 0 radical (unpaired) electrons. The molecule has 0 unspecified atom stereocenters. The van der Waals surface area contributed by atoms with Crippen LogP contribution in [0.5, 0.6) is 0 Å². The van der Waals surface area contributed by atoms with Crippen LogP contribution < -0.4 is 16.2 Å². The highest BCUT2D eigenvalue weighted by molar-refractivity contribution is 5.89. The third kappa shape index (κ3) is 3.35. The summed E-state index contributed by atoms with van der Waals surface area (Å²) in [7, 11) is 1.71. The average Bonchev–Trinajstić information content (AvgIpc) is 3.04. The van der Waals surface area contributed by atoms with E-state index in [0.29, 0.717) is 17.3 Å². The van der Waals surface area contributed by atoms with Gasteiger partial charge in [0.05, 0.1) is 0 Å². The number of hydrogen-bond donors (Lipinski definition) is 2. The minimum Gasteiger partial charge on any atom is -0.357 e. The lowest BCUT2D eigenvalue weighted by molar-refractivity contribution is -0.117. The van der Waals surface area contributed by atoms with Crippen molar-refractivity contribution in [3.63, 3.8) is 0 Å². The highest BCUT2D eigenvalue weighted by Crippen LogP contribution is 2.18. The molecule has 3 aromatic rings. The molecule has 0 aliphatic carbocycles. The molecule has 0 fully saturated rings. The molecular formula is C16H19N7O2. The summed E-state index contributed by atoms with van der Waals surface area (Å²) in [6, 6.07) is 3.40. The van der Waals surface area contributed by atoms with Gasteiger partial charge in [0.25, 0.3) is 5.56 Å². The van der Waals surface area contributed by atoms with Gasteiger partial charge in [-0.25, -0.2) is 14.6 Å². The molecule has 9 nitrogen and oxygen atoms in total. The van der Waals surface area contributed by atoms with E-state index < -0.39 is 5.91 Å². The zero-order chi connectivity index (χ0) is 18.0. The zero-order valence-electron chi connectivity index (χ0n) is 14.2. The zero-order valence-corrected chi connectivity index (χ0v) is 14.2. The third-order valence-electron chi connectivity index (χ3n) is 3.77. The summed E-state index contributed by atoms with van der Waals surface area (Å²) in [6.07, 6.45) is 4.73. The van der Waals surface area contributed by atoms with Crippen molar-refractivity contribution in [2.24, 2.45) is 0 Å². The van der Waals surface area contributed by atoms with E-state index in [1.165, 1.54) is 12.5 Å². The van der Waals surface area contributed by atoms with E-state index in [1.54, 1.807) is 17.5 Å². The highest BCUT2D eigenvalue weighted by atomic mass is 16.2. The molecule has 0 aliphatic rings. The number of anilines is 2. The second-order valence-corrected chi connectivity index (χ2v) is 5.86. The summed E-state index contributed by atoms with van der Waals surface area (Å²) in [6.45, 7) is 3.89. The number of fused-ring (bicyclic) bond motifs is 1. The van der Waals surface area contributed by atoms with E-state index in [-0.39, 0.29) is 18.0 Å². The Morgan fingerprint density at radius 1 is 1.36 bits per heavy atom. The van der Waals surface area contributed by atoms with Crippen LogP contribution in [0.15, 0.2) is 35.6 Å². The summed E-state index contributed by atoms with van der Waals surface area (Å²) in [5.41, 5.74) is 1.17. The Hall–Kier alpha value is -3.23. The van der Waals surface area contributed by atoms with Gasteiger partial charge in [0.15, 0.2) is 0 Å². The van der Waals surface area contributed by atoms with Crippen LogP contribution in [0.3, 0.4) is 0 Å². The standard InChI is InChI=1S/C16H19N7O2/c1-10(2)11-6-12-15(25)23(21-16(17-3)22(12)7-11)8-14(24)20-13-4-5-18-9-19-13/h4-7,9-10H,8H2,1-3H3,(H,17,21)(H,18,19,20,24). The number of hydrogen-bond acceptors (Lipinski definition) is 6. The number of nitrogens with one attached hydrogen (secondary N) is 2. The van der Waals surface area contributed by atoms with Crippen molar-refractivity contribution < 1.29 is 4.79 Å². The molecule has 3 heterocycles. The monoisotopic (exact) mass is 341 g/mol. The summed E-state index contributed by atoms with van der Waals surface area (Å²) >= 11 is 0. The van der Waals surface area contributed by atoms with Crippen LogP contribution in [-0.2, 0) is 11.3 Å². The molecule has 0 spiro atoms. The first kappa shape index (κ1) is 16.6. The van der Waals surface area contributed by atoms with Crippen LogP contribution in [0.1, 0.15) is 25.3 Å². The Morgan fingerprint density at radius 3 is 2.80 bits per heavy atom. The van der Waals surface area contributed by atoms with Crippen LogP contribution in [0, 0.1) is 0 Å². The molecule has 9 heteroatoms. The number of carbonyl (C=O) groups excluding carboxylic acids is 1. The van der Waals surface area contributed by atoms with E-state index in [1.807, 2.05) is 12.3 Å². The van der Waals surface area contributed by atoms with Gasteiger partial charge >= 0.3 is 0 Å². The van der Waals surface area contributed by atoms with Gasteiger partial charge in [-0.05, 0) is 23.6 Å². The summed E-state index contributed by atoms with van der Waals surface area (Å²) in [5.74, 6) is 0.734. The molecule has 0 bridgehead atoms. The Balaban J connectivity index is 1.94. The van der Waals surface area contributed by atoms with Gasteiger partial charge in [0.1, 0.15) is 24.2 Å². The molecule has 3 rings (SSSR count). The van der Waals surface area contributed by atoms with E-state index in [4.69, 9.17) is 0 Å². The van der Waals surface area contributed by atoms with E-state index >= 15 is 0 Å². The van der Waals surface area contributed by atoms with Crippen molar-refractivity contribution in [1.82, 2.24) is 24.1 Å². The van der Waals surface area contributed by atoms with Gasteiger partial charge in [-0.2, -0.15) is 0 Å². The van der Waals surface area contributed by atoms with Crippen molar-refractivity contribution in [2.75, 3.05) is 17.7 Å². The minimum absolute atomic E-state index is 0.212. The smallest absolute Gasteiger partial charge is 0.291 e. The summed E-state index contributed by atoms with van der Waals surface area (Å²) in [4.78, 5) is 32.6. The fourth-order valence-electron chi connectivity index (χ4n) is 2.44. The Morgan fingerprint density at radius 2 is 2.16 bits per heavy atom. The average molecular weight is 341 g/mol. The van der Waals surface area contributed by atoms with Crippen molar-refractivity contribution >= 4 is 23.2 Å². The van der Waals surface area contributed by atoms with Crippen molar-refractivity contribution in [1.29, 1.82) is 0 Å². The molecule has 0 aliphatic heterocycles. The molecule has 0 saturated carbocycles. The van der Waals surface area contributed by atoms with Crippen molar-refractivity contribution in [3.05, 3.63) is 46.8 Å². The quantitative estimate of drug-likeness (QED) is 0.719. The molecule has 0 saturated heterocycles. The molecule has 25 heavy (non-hydrogen) atoms. The van der Waals surface area contributed by atoms with Gasteiger partial charge in [0, 0.05) is 19.4 Å². The van der Waals surface area contributed by atoms with Crippen LogP contribution in [0.25, 0.3) is 5.52 Å². The molecule has 1 amide bonds. The number of aromatic nitrogens is 5. The van der Waals surface area contributed by atoms with Crippen LogP contribution in [0.4, 0.5) is 11.8 Å². The first-order chi connectivity index (χ1) is 12.0. The molecular weight excluding hydrogens is 322 g/mol. The van der Waals surface area contributed by atoms with Gasteiger partial charge < -0.3 is 10.6 Å². The predicted molar refractivity (Wildman–Crippen MR) is 93.7 cm³/mol. The van der Waals surface area contributed by atoms with Gasteiger partial charge in [-0.3, -0.25) is 14.0 Å². The maximum absolute atomic E-state index is 12.7. The lowest BCUT2D eigenvalue weighted by Crippen LogP contribution is -2.31. The van der Waals surface area contributed by atoms with Crippen molar-refractivity contribution in [3.8, 4) is 0 Å². The lowest BCUT2D eigenvalue weighted by atomic mass is 10.1. The number of rotatable bonds is 5. The fourth-order valence-corrected chi connectivity index (χ4v) is 2.44. The van der Waals surface area contributed by atoms with Crippen LogP contribution in [0.2, 0.25) is 0 Å². The predicted octanol–water partition coefficient (Wildman–Crippen LogP) is 1.09. The second kappa shape index (κ2) is 6.71. The van der Waals surface area contributed by atoms with Gasteiger partial charge in [0.2, 0.25) is 11.9 Å². The maximum atomic E-state index is 12.7. The van der Waals surface area contributed by atoms with Gasteiger partial charge in [-0.1, -0.05) is 13.8 Å². The Kier molecular flexibility index (Phi) is 4.46. The molecule has 2 N–H and O–H groups in total. The largest absolute Gasteiger partial charge is 0.357 e. The fraction of sp³-hybridized carbons (Fsp3) is 0.312. The number of carbonyl (C=O) groups is 1. The van der Waals surface area contributed by atoms with Crippen molar-refractivity contribution in [2.45, 2.75) is 26.3 Å². The topological polar surface area (TPSA) is 106 Å². The summed E-state index contributed by atoms with van der Waals surface area (Å²) < 4.78 is 2.85. The first-order valence-electron chi connectivity index (χ1n) is 7.86. The van der Waals surface area contributed by atoms with Gasteiger partial charge in [-0.15, -0.1) is 5.10 Å². The Labute approximate surface area is 143 Å².